The van der Waals surface area contributed by atoms with E-state index in [1.54, 1.807) is 25.1 Å². The molecule has 1 aromatic rings. The van der Waals surface area contributed by atoms with Crippen LogP contribution in [-0.4, -0.2) is 65.3 Å². The standard InChI is InChI=1S/C18H26N2O3/c1-13-14(5-3-6-15(13)22)17(23)20-10-8-18(12-21)7-4-9-19(2)16(18)11-20/h3,5-6,16,21-22H,4,7-12H2,1-2H3/t16-,18-/m1/s1. The second-order valence-corrected chi connectivity index (χ2v) is 7.07. The molecule has 2 atom stereocenters. The van der Waals surface area contributed by atoms with Crippen LogP contribution >= 0.6 is 0 Å². The summed E-state index contributed by atoms with van der Waals surface area (Å²) in [6.07, 6.45) is 2.97. The molecule has 0 aromatic heterocycles. The van der Waals surface area contributed by atoms with Gasteiger partial charge in [0.25, 0.3) is 5.91 Å². The fourth-order valence-corrected chi connectivity index (χ4v) is 4.23. The fraction of sp³-hybridized carbons (Fsp3) is 0.611. The second-order valence-electron chi connectivity index (χ2n) is 7.07. The average molecular weight is 318 g/mol. The largest absolute Gasteiger partial charge is 0.508 e. The van der Waals surface area contributed by atoms with Crippen LogP contribution in [0.5, 0.6) is 5.75 Å². The molecule has 0 aliphatic carbocycles. The number of likely N-dealkylation sites (N-methyl/N-ethyl adjacent to an activating group) is 1. The van der Waals surface area contributed by atoms with Gasteiger partial charge in [-0.2, -0.15) is 0 Å². The first kappa shape index (κ1) is 16.3. The first-order valence-electron chi connectivity index (χ1n) is 8.37. The Morgan fingerprint density at radius 3 is 2.87 bits per heavy atom. The molecule has 0 bridgehead atoms. The SMILES string of the molecule is Cc1c(O)cccc1C(=O)N1CC[C@@]2(CO)CCCN(C)[C@@H]2C1. The van der Waals surface area contributed by atoms with Crippen molar-refractivity contribution in [3.8, 4) is 5.75 Å². The molecular formula is C18H26N2O3. The number of nitrogens with zero attached hydrogens (tertiary/aromatic N) is 2. The summed E-state index contributed by atoms with van der Waals surface area (Å²) in [7, 11) is 2.09. The van der Waals surface area contributed by atoms with Crippen LogP contribution in [0.15, 0.2) is 18.2 Å². The Balaban J connectivity index is 1.83. The molecule has 3 rings (SSSR count). The monoisotopic (exact) mass is 318 g/mol. The number of piperidine rings is 2. The first-order chi connectivity index (χ1) is 11.0. The number of aromatic hydroxyl groups is 1. The number of aliphatic hydroxyl groups is 1. The summed E-state index contributed by atoms with van der Waals surface area (Å²) < 4.78 is 0. The Morgan fingerprint density at radius 1 is 1.35 bits per heavy atom. The van der Waals surface area contributed by atoms with Crippen molar-refractivity contribution in [3.63, 3.8) is 0 Å². The lowest BCUT2D eigenvalue weighted by molar-refractivity contribution is -0.0601. The van der Waals surface area contributed by atoms with E-state index in [4.69, 9.17) is 0 Å². The van der Waals surface area contributed by atoms with E-state index in [9.17, 15) is 15.0 Å². The molecule has 2 heterocycles. The number of phenols is 1. The molecule has 2 saturated heterocycles. The topological polar surface area (TPSA) is 64.0 Å². The predicted molar refractivity (Wildman–Crippen MR) is 88.5 cm³/mol. The summed E-state index contributed by atoms with van der Waals surface area (Å²) >= 11 is 0. The van der Waals surface area contributed by atoms with Gasteiger partial charge in [-0.15, -0.1) is 0 Å². The highest BCUT2D eigenvalue weighted by Crippen LogP contribution is 2.41. The second kappa shape index (κ2) is 6.13. The highest BCUT2D eigenvalue weighted by molar-refractivity contribution is 5.96. The molecule has 5 nitrogen and oxygen atoms in total. The van der Waals surface area contributed by atoms with Gasteiger partial charge >= 0.3 is 0 Å². The lowest BCUT2D eigenvalue weighted by atomic mass is 9.69. The van der Waals surface area contributed by atoms with Crippen molar-refractivity contribution in [3.05, 3.63) is 29.3 Å². The molecule has 2 N–H and O–H groups in total. The molecule has 126 valence electrons. The molecule has 0 spiro atoms. The number of amides is 1. The van der Waals surface area contributed by atoms with E-state index in [2.05, 4.69) is 11.9 Å². The molecule has 2 aliphatic rings. The molecule has 23 heavy (non-hydrogen) atoms. The van der Waals surface area contributed by atoms with Gasteiger partial charge in [-0.25, -0.2) is 0 Å². The maximum Gasteiger partial charge on any atom is 0.254 e. The molecule has 1 aromatic carbocycles. The minimum atomic E-state index is -0.0718. The fourth-order valence-electron chi connectivity index (χ4n) is 4.23. The molecule has 0 unspecified atom stereocenters. The Kier molecular flexibility index (Phi) is 4.34. The Labute approximate surface area is 137 Å². The van der Waals surface area contributed by atoms with Gasteiger partial charge in [0.05, 0.1) is 6.61 Å². The molecule has 0 radical (unpaired) electrons. The maximum atomic E-state index is 12.9. The van der Waals surface area contributed by atoms with Gasteiger partial charge in [-0.1, -0.05) is 6.07 Å². The predicted octanol–water partition coefficient (Wildman–Crippen LogP) is 1.62. The van der Waals surface area contributed by atoms with Crippen molar-refractivity contribution in [1.29, 1.82) is 0 Å². The van der Waals surface area contributed by atoms with Crippen LogP contribution in [0, 0.1) is 12.3 Å². The lowest BCUT2D eigenvalue weighted by Crippen LogP contribution is -2.62. The third-order valence-electron chi connectivity index (χ3n) is 5.84. The van der Waals surface area contributed by atoms with Gasteiger partial charge in [0, 0.05) is 35.7 Å². The van der Waals surface area contributed by atoms with Gasteiger partial charge in [-0.3, -0.25) is 4.79 Å². The van der Waals surface area contributed by atoms with Gasteiger partial charge < -0.3 is 20.0 Å². The molecular weight excluding hydrogens is 292 g/mol. The third kappa shape index (κ3) is 2.72. The zero-order valence-corrected chi connectivity index (χ0v) is 14.0. The van der Waals surface area contributed by atoms with Crippen molar-refractivity contribution < 1.29 is 15.0 Å². The highest BCUT2D eigenvalue weighted by Gasteiger charge is 2.47. The summed E-state index contributed by atoms with van der Waals surface area (Å²) in [5.41, 5.74) is 1.13. The summed E-state index contributed by atoms with van der Waals surface area (Å²) in [5, 5.41) is 19.8. The van der Waals surface area contributed by atoms with E-state index in [0.717, 1.165) is 25.8 Å². The maximum absolute atomic E-state index is 12.9. The summed E-state index contributed by atoms with van der Waals surface area (Å²) in [5.74, 6) is 0.135. The number of aliphatic hydroxyl groups excluding tert-OH is 1. The zero-order valence-electron chi connectivity index (χ0n) is 14.0. The number of fused-ring (bicyclic) bond motifs is 1. The number of phenolic OH excluding ortho intramolecular Hbond substituents is 1. The van der Waals surface area contributed by atoms with E-state index in [1.165, 1.54) is 0 Å². The highest BCUT2D eigenvalue weighted by atomic mass is 16.3. The summed E-state index contributed by atoms with van der Waals surface area (Å²) in [4.78, 5) is 17.0. The van der Waals surface area contributed by atoms with Gasteiger partial charge in [-0.05, 0) is 51.9 Å². The van der Waals surface area contributed by atoms with E-state index in [-0.39, 0.29) is 29.7 Å². The average Bonchev–Trinajstić information content (AvgIpc) is 2.57. The van der Waals surface area contributed by atoms with Crippen LogP contribution in [0.4, 0.5) is 0 Å². The minimum absolute atomic E-state index is 0.0242. The van der Waals surface area contributed by atoms with Crippen LogP contribution < -0.4 is 0 Å². The first-order valence-corrected chi connectivity index (χ1v) is 8.37. The molecule has 2 aliphatic heterocycles. The molecule has 0 saturated carbocycles. The minimum Gasteiger partial charge on any atom is -0.508 e. The summed E-state index contributed by atoms with van der Waals surface area (Å²) in [6, 6.07) is 5.30. The normalized spacial score (nSPS) is 28.5. The van der Waals surface area contributed by atoms with Gasteiger partial charge in [0.15, 0.2) is 0 Å². The zero-order chi connectivity index (χ0) is 16.6. The van der Waals surface area contributed by atoms with Crippen LogP contribution in [0.1, 0.15) is 35.2 Å². The van der Waals surface area contributed by atoms with Crippen molar-refractivity contribution in [2.45, 2.75) is 32.2 Å². The Morgan fingerprint density at radius 2 is 2.13 bits per heavy atom. The molecule has 1 amide bonds. The number of carbonyl (C=O) groups is 1. The number of rotatable bonds is 2. The summed E-state index contributed by atoms with van der Waals surface area (Å²) in [6.45, 7) is 4.29. The van der Waals surface area contributed by atoms with Crippen LogP contribution in [0.3, 0.4) is 0 Å². The van der Waals surface area contributed by atoms with Gasteiger partial charge in [0.2, 0.25) is 0 Å². The van der Waals surface area contributed by atoms with Crippen LogP contribution in [-0.2, 0) is 0 Å². The lowest BCUT2D eigenvalue weighted by Gasteiger charge is -2.53. The van der Waals surface area contributed by atoms with Crippen molar-refractivity contribution >= 4 is 5.91 Å². The van der Waals surface area contributed by atoms with Crippen LogP contribution in [0.25, 0.3) is 0 Å². The quantitative estimate of drug-likeness (QED) is 0.870. The smallest absolute Gasteiger partial charge is 0.254 e. The third-order valence-corrected chi connectivity index (χ3v) is 5.84. The van der Waals surface area contributed by atoms with Crippen molar-refractivity contribution in [2.24, 2.45) is 5.41 Å². The van der Waals surface area contributed by atoms with E-state index < -0.39 is 0 Å². The Bertz CT molecular complexity index is 604. The molecule has 2 fully saturated rings. The number of benzene rings is 1. The van der Waals surface area contributed by atoms with E-state index in [1.807, 2.05) is 4.90 Å². The molecule has 5 heteroatoms. The van der Waals surface area contributed by atoms with Crippen LogP contribution in [0.2, 0.25) is 0 Å². The van der Waals surface area contributed by atoms with Crippen molar-refractivity contribution in [2.75, 3.05) is 33.3 Å². The van der Waals surface area contributed by atoms with Crippen molar-refractivity contribution in [1.82, 2.24) is 9.80 Å². The van der Waals surface area contributed by atoms with E-state index in [0.29, 0.717) is 24.2 Å². The number of likely N-dealkylation sites (tertiary alicyclic amines) is 2. The Hall–Kier alpha value is -1.59. The number of hydrogen-bond donors (Lipinski definition) is 2. The van der Waals surface area contributed by atoms with Gasteiger partial charge in [0.1, 0.15) is 5.75 Å². The number of hydrogen-bond acceptors (Lipinski definition) is 4. The number of carbonyl (C=O) groups excluding carboxylic acids is 1. The van der Waals surface area contributed by atoms with E-state index >= 15 is 0 Å².